The predicted molar refractivity (Wildman–Crippen MR) is 104 cm³/mol. The maximum atomic E-state index is 2.43. The summed E-state index contributed by atoms with van der Waals surface area (Å²) in [5, 5.41) is 0. The molecule has 2 atom stereocenters. The molecule has 0 saturated heterocycles. The van der Waals surface area contributed by atoms with Crippen LogP contribution in [0.3, 0.4) is 0 Å². The molecule has 0 heterocycles. The Morgan fingerprint density at radius 2 is 0.917 bits per heavy atom. The van der Waals surface area contributed by atoms with E-state index < -0.39 is 0 Å². The highest BCUT2D eigenvalue weighted by atomic mass is 14.4. The Labute approximate surface area is 146 Å². The van der Waals surface area contributed by atoms with Crippen molar-refractivity contribution in [2.45, 2.75) is 54.4 Å². The molecule has 0 saturated carbocycles. The first-order valence-corrected chi connectivity index (χ1v) is 9.33. The molecule has 4 rings (SSSR count). The Balaban J connectivity index is 2.08. The van der Waals surface area contributed by atoms with Gasteiger partial charge in [0, 0.05) is 0 Å². The molecular formula is C24H28. The molecule has 0 heteroatoms. The summed E-state index contributed by atoms with van der Waals surface area (Å²) in [6.07, 6.45) is 2.41. The first-order chi connectivity index (χ1) is 11.4. The van der Waals surface area contributed by atoms with Crippen LogP contribution < -0.4 is 0 Å². The quantitative estimate of drug-likeness (QED) is 0.541. The standard InChI is InChI=1S/C24H28/c1-13-7-9-15(3)21-19(13)11-17(5)23(21)24-18(6)12-20-14(2)8-10-16(4)22(20)24/h7-10,17-18H,11-12H2,1-6H3/b24-23-/t17-,18-/m1/s1. The van der Waals surface area contributed by atoms with Crippen LogP contribution in [-0.2, 0) is 12.8 Å². The van der Waals surface area contributed by atoms with E-state index in [2.05, 4.69) is 65.8 Å². The van der Waals surface area contributed by atoms with E-state index in [-0.39, 0.29) is 0 Å². The van der Waals surface area contributed by atoms with Crippen molar-refractivity contribution >= 4 is 11.1 Å². The summed E-state index contributed by atoms with van der Waals surface area (Å²) in [6, 6.07) is 9.23. The molecule has 0 unspecified atom stereocenters. The van der Waals surface area contributed by atoms with Crippen LogP contribution in [0, 0.1) is 39.5 Å². The van der Waals surface area contributed by atoms with Crippen molar-refractivity contribution in [3.63, 3.8) is 0 Å². The lowest BCUT2D eigenvalue weighted by atomic mass is 9.85. The van der Waals surface area contributed by atoms with Gasteiger partial charge in [-0.2, -0.15) is 0 Å². The van der Waals surface area contributed by atoms with Crippen molar-refractivity contribution in [3.8, 4) is 0 Å². The molecule has 124 valence electrons. The number of hydrogen-bond acceptors (Lipinski definition) is 0. The van der Waals surface area contributed by atoms with Crippen molar-refractivity contribution in [2.75, 3.05) is 0 Å². The van der Waals surface area contributed by atoms with Gasteiger partial charge in [0.05, 0.1) is 0 Å². The third-order valence-electron chi connectivity index (χ3n) is 6.35. The maximum Gasteiger partial charge on any atom is -0.0140 e. The van der Waals surface area contributed by atoms with Crippen LogP contribution in [0.4, 0.5) is 0 Å². The summed E-state index contributed by atoms with van der Waals surface area (Å²) in [7, 11) is 0. The van der Waals surface area contributed by atoms with Gasteiger partial charge < -0.3 is 0 Å². The normalized spacial score (nSPS) is 25.1. The van der Waals surface area contributed by atoms with Gasteiger partial charge >= 0.3 is 0 Å². The third-order valence-corrected chi connectivity index (χ3v) is 6.35. The average Bonchev–Trinajstić information content (AvgIpc) is 3.05. The first kappa shape index (κ1) is 15.7. The van der Waals surface area contributed by atoms with Crippen LogP contribution in [0.5, 0.6) is 0 Å². The minimum atomic E-state index is 0.628. The molecule has 0 spiro atoms. The Morgan fingerprint density at radius 3 is 1.29 bits per heavy atom. The van der Waals surface area contributed by atoms with E-state index in [4.69, 9.17) is 0 Å². The molecule has 2 aromatic rings. The van der Waals surface area contributed by atoms with Gasteiger partial charge in [-0.15, -0.1) is 0 Å². The summed E-state index contributed by atoms with van der Waals surface area (Å²) >= 11 is 0. The summed E-state index contributed by atoms with van der Waals surface area (Å²) < 4.78 is 0. The highest BCUT2D eigenvalue weighted by Crippen LogP contribution is 2.51. The van der Waals surface area contributed by atoms with E-state index >= 15 is 0 Å². The zero-order valence-electron chi connectivity index (χ0n) is 15.9. The second kappa shape index (κ2) is 5.34. The van der Waals surface area contributed by atoms with E-state index in [1.54, 1.807) is 33.4 Å². The summed E-state index contributed by atoms with van der Waals surface area (Å²) in [5.41, 5.74) is 15.4. The van der Waals surface area contributed by atoms with Crippen molar-refractivity contribution in [1.29, 1.82) is 0 Å². The Hall–Kier alpha value is -1.82. The lowest BCUT2D eigenvalue weighted by molar-refractivity contribution is 0.751. The largest absolute Gasteiger partial charge is 0.0587 e. The lowest BCUT2D eigenvalue weighted by Gasteiger charge is -2.19. The fraction of sp³-hybridized carbons (Fsp3) is 0.417. The van der Waals surface area contributed by atoms with Crippen LogP contribution in [0.2, 0.25) is 0 Å². The number of allylic oxidation sites excluding steroid dienone is 2. The van der Waals surface area contributed by atoms with Crippen molar-refractivity contribution < 1.29 is 0 Å². The molecule has 0 N–H and O–H groups in total. The number of rotatable bonds is 0. The van der Waals surface area contributed by atoms with Crippen LogP contribution in [0.1, 0.15) is 58.4 Å². The van der Waals surface area contributed by atoms with Crippen LogP contribution in [-0.4, -0.2) is 0 Å². The van der Waals surface area contributed by atoms with E-state index in [0.29, 0.717) is 11.8 Å². The maximum absolute atomic E-state index is 2.43. The topological polar surface area (TPSA) is 0 Å². The molecule has 24 heavy (non-hydrogen) atoms. The lowest BCUT2D eigenvalue weighted by Crippen LogP contribution is -2.01. The number of aryl methyl sites for hydroxylation is 4. The van der Waals surface area contributed by atoms with E-state index in [1.165, 1.54) is 35.1 Å². The van der Waals surface area contributed by atoms with Crippen LogP contribution in [0.15, 0.2) is 24.3 Å². The highest BCUT2D eigenvalue weighted by Gasteiger charge is 2.35. The Bertz CT molecular complexity index is 806. The Morgan fingerprint density at radius 1 is 0.583 bits per heavy atom. The number of benzene rings is 2. The number of fused-ring (bicyclic) bond motifs is 2. The van der Waals surface area contributed by atoms with Gasteiger partial charge in [0.15, 0.2) is 0 Å². The minimum Gasteiger partial charge on any atom is -0.0587 e. The minimum absolute atomic E-state index is 0.628. The van der Waals surface area contributed by atoms with Crippen LogP contribution in [0.25, 0.3) is 11.1 Å². The molecule has 0 amide bonds. The predicted octanol–water partition coefficient (Wildman–Crippen LogP) is 6.22. The molecule has 0 bridgehead atoms. The third kappa shape index (κ3) is 2.05. The van der Waals surface area contributed by atoms with Gasteiger partial charge in [-0.05, 0) is 108 Å². The second-order valence-corrected chi connectivity index (χ2v) is 8.14. The molecule has 2 aromatic carbocycles. The molecule has 2 aliphatic carbocycles. The van der Waals surface area contributed by atoms with E-state index in [1.807, 2.05) is 0 Å². The van der Waals surface area contributed by atoms with Gasteiger partial charge in [-0.1, -0.05) is 38.1 Å². The molecule has 0 radical (unpaired) electrons. The summed E-state index contributed by atoms with van der Waals surface area (Å²) in [5.74, 6) is 1.26. The smallest absolute Gasteiger partial charge is 0.0140 e. The highest BCUT2D eigenvalue weighted by molar-refractivity contribution is 5.99. The van der Waals surface area contributed by atoms with Crippen molar-refractivity contribution in [3.05, 3.63) is 68.8 Å². The zero-order chi connectivity index (χ0) is 17.2. The fourth-order valence-electron chi connectivity index (χ4n) is 5.12. The monoisotopic (exact) mass is 316 g/mol. The average molecular weight is 316 g/mol. The zero-order valence-corrected chi connectivity index (χ0v) is 15.9. The van der Waals surface area contributed by atoms with Gasteiger partial charge in [-0.25, -0.2) is 0 Å². The molecule has 0 aromatic heterocycles. The summed E-state index contributed by atoms with van der Waals surface area (Å²) in [6.45, 7) is 14.0. The van der Waals surface area contributed by atoms with Gasteiger partial charge in [-0.3, -0.25) is 0 Å². The molecule has 0 aliphatic heterocycles. The molecular weight excluding hydrogens is 288 g/mol. The van der Waals surface area contributed by atoms with E-state index in [0.717, 1.165) is 0 Å². The van der Waals surface area contributed by atoms with E-state index in [9.17, 15) is 0 Å². The second-order valence-electron chi connectivity index (χ2n) is 8.14. The van der Waals surface area contributed by atoms with Crippen molar-refractivity contribution in [2.24, 2.45) is 11.8 Å². The SMILES string of the molecule is Cc1ccc(C)c2c1C[C@@H](C)/C2=C1/c2c(C)ccc(C)c2C[C@H]1C. The molecule has 0 fully saturated rings. The van der Waals surface area contributed by atoms with Gasteiger partial charge in [0.2, 0.25) is 0 Å². The van der Waals surface area contributed by atoms with Crippen molar-refractivity contribution in [1.82, 2.24) is 0 Å². The van der Waals surface area contributed by atoms with Crippen LogP contribution >= 0.6 is 0 Å². The van der Waals surface area contributed by atoms with Gasteiger partial charge in [0.25, 0.3) is 0 Å². The number of hydrogen-bond donors (Lipinski definition) is 0. The van der Waals surface area contributed by atoms with Gasteiger partial charge in [0.1, 0.15) is 0 Å². The molecule has 0 nitrogen and oxygen atoms in total. The Kier molecular flexibility index (Phi) is 3.49. The first-order valence-electron chi connectivity index (χ1n) is 9.33. The fourth-order valence-corrected chi connectivity index (χ4v) is 5.12. The summed E-state index contributed by atoms with van der Waals surface area (Å²) in [4.78, 5) is 0. The molecule has 2 aliphatic rings.